The van der Waals surface area contributed by atoms with E-state index in [0.29, 0.717) is 0 Å². The lowest BCUT2D eigenvalue weighted by molar-refractivity contribution is 0.0984. The molecule has 0 unspecified atom stereocenters. The average molecular weight is 317 g/mol. The number of carbonyl (C=O) groups is 1. The van der Waals surface area contributed by atoms with Gasteiger partial charge in [0.1, 0.15) is 0 Å². The number of carbonyl (C=O) groups excluding carboxylic acids is 1. The fraction of sp³-hybridized carbons (Fsp3) is 0.278. The van der Waals surface area contributed by atoms with Crippen LogP contribution in [0.2, 0.25) is 0 Å². The molecule has 2 aromatic carbocycles. The maximum absolute atomic E-state index is 12.9. The summed E-state index contributed by atoms with van der Waals surface area (Å²) < 4.78 is 0. The molecule has 0 spiro atoms. The van der Waals surface area contributed by atoms with E-state index in [1.54, 1.807) is 0 Å². The minimum Gasteiger partial charge on any atom is -0.398 e. The Hall–Kier alpha value is -2.00. The molecule has 0 aromatic heterocycles. The molecule has 0 aliphatic carbocycles. The maximum Gasteiger partial charge on any atom is 0.258 e. The summed E-state index contributed by atoms with van der Waals surface area (Å²) in [7, 11) is 0. The quantitative estimate of drug-likeness (QED) is 0.811. The van der Waals surface area contributed by atoms with Crippen molar-refractivity contribution in [3.8, 4) is 0 Å². The lowest BCUT2D eigenvalue weighted by Gasteiger charge is -2.31. The Kier molecular flexibility index (Phi) is 4.77. The monoisotopic (exact) mass is 316 g/mol. The first-order valence-electron chi connectivity index (χ1n) is 7.35. The van der Waals surface area contributed by atoms with Gasteiger partial charge in [-0.2, -0.15) is 0 Å². The number of hydrogen-bond donors (Lipinski definition) is 1. The van der Waals surface area contributed by atoms with Crippen molar-refractivity contribution >= 4 is 29.7 Å². The van der Waals surface area contributed by atoms with Gasteiger partial charge in [-0.15, -0.1) is 12.4 Å². The van der Waals surface area contributed by atoms with E-state index in [2.05, 4.69) is 0 Å². The lowest BCUT2D eigenvalue weighted by Crippen LogP contribution is -2.36. The summed E-state index contributed by atoms with van der Waals surface area (Å²) in [5, 5.41) is 0. The van der Waals surface area contributed by atoms with Gasteiger partial charge in [0.25, 0.3) is 5.91 Å². The van der Waals surface area contributed by atoms with E-state index in [1.165, 1.54) is 0 Å². The molecule has 0 saturated heterocycles. The second-order valence-electron chi connectivity index (χ2n) is 5.65. The van der Waals surface area contributed by atoms with Gasteiger partial charge in [-0.05, 0) is 61.6 Å². The molecule has 0 fully saturated rings. The molecule has 1 heterocycles. The number of halogens is 1. The molecule has 2 N–H and O–H groups in total. The summed E-state index contributed by atoms with van der Waals surface area (Å²) in [4.78, 5) is 14.8. The Labute approximate surface area is 137 Å². The number of anilines is 2. The van der Waals surface area contributed by atoms with Gasteiger partial charge in [-0.25, -0.2) is 0 Å². The molecule has 2 aromatic rings. The summed E-state index contributed by atoms with van der Waals surface area (Å²) in [6.45, 7) is 4.80. The van der Waals surface area contributed by atoms with E-state index >= 15 is 0 Å². The summed E-state index contributed by atoms with van der Waals surface area (Å²) in [5.41, 5.74) is 11.9. The highest BCUT2D eigenvalue weighted by molar-refractivity contribution is 6.08. The second-order valence-corrected chi connectivity index (χ2v) is 5.65. The highest BCUT2D eigenvalue weighted by atomic mass is 35.5. The summed E-state index contributed by atoms with van der Waals surface area (Å²) in [5.74, 6) is 0.0720. The predicted molar refractivity (Wildman–Crippen MR) is 94.0 cm³/mol. The topological polar surface area (TPSA) is 46.3 Å². The lowest BCUT2D eigenvalue weighted by atomic mass is 9.97. The van der Waals surface area contributed by atoms with Gasteiger partial charge in [0, 0.05) is 23.5 Å². The first-order chi connectivity index (χ1) is 10.1. The van der Waals surface area contributed by atoms with Gasteiger partial charge in [0.15, 0.2) is 0 Å². The van der Waals surface area contributed by atoms with Crippen molar-refractivity contribution in [3.63, 3.8) is 0 Å². The van der Waals surface area contributed by atoms with Crippen LogP contribution in [0.3, 0.4) is 0 Å². The van der Waals surface area contributed by atoms with Crippen LogP contribution in [0.5, 0.6) is 0 Å². The molecule has 0 saturated carbocycles. The zero-order chi connectivity index (χ0) is 15.0. The largest absolute Gasteiger partial charge is 0.398 e. The van der Waals surface area contributed by atoms with Crippen LogP contribution in [0.4, 0.5) is 11.4 Å². The van der Waals surface area contributed by atoms with Gasteiger partial charge < -0.3 is 10.6 Å². The molecule has 0 bridgehead atoms. The van der Waals surface area contributed by atoms with Crippen molar-refractivity contribution in [2.75, 3.05) is 17.2 Å². The van der Waals surface area contributed by atoms with Gasteiger partial charge in [-0.1, -0.05) is 18.2 Å². The van der Waals surface area contributed by atoms with E-state index in [9.17, 15) is 4.79 Å². The first-order valence-corrected chi connectivity index (χ1v) is 7.35. The van der Waals surface area contributed by atoms with Crippen molar-refractivity contribution < 1.29 is 4.79 Å². The molecular weight excluding hydrogens is 296 g/mol. The van der Waals surface area contributed by atoms with E-state index in [-0.39, 0.29) is 18.3 Å². The third kappa shape index (κ3) is 2.69. The van der Waals surface area contributed by atoms with Gasteiger partial charge in [0.05, 0.1) is 0 Å². The molecule has 4 heteroatoms. The third-order valence-corrected chi connectivity index (χ3v) is 4.37. The van der Waals surface area contributed by atoms with Crippen molar-refractivity contribution in [1.82, 2.24) is 0 Å². The number of amides is 1. The summed E-state index contributed by atoms with van der Waals surface area (Å²) in [6.07, 6.45) is 1.90. The average Bonchev–Trinajstić information content (AvgIpc) is 2.49. The number of benzene rings is 2. The molecule has 116 valence electrons. The van der Waals surface area contributed by atoms with Crippen molar-refractivity contribution in [2.45, 2.75) is 26.7 Å². The maximum atomic E-state index is 12.9. The Bertz CT molecular complexity index is 712. The Morgan fingerprint density at radius 3 is 2.64 bits per heavy atom. The number of fused-ring (bicyclic) bond motifs is 1. The van der Waals surface area contributed by atoms with Crippen LogP contribution in [0.15, 0.2) is 36.4 Å². The predicted octanol–water partition coefficient (Wildman–Crippen LogP) is 3.90. The Morgan fingerprint density at radius 1 is 1.14 bits per heavy atom. The van der Waals surface area contributed by atoms with E-state index in [0.717, 1.165) is 53.0 Å². The van der Waals surface area contributed by atoms with Crippen LogP contribution in [0, 0.1) is 13.8 Å². The molecule has 3 rings (SSSR count). The van der Waals surface area contributed by atoms with Crippen LogP contribution in [0.1, 0.15) is 33.5 Å². The van der Waals surface area contributed by atoms with Crippen molar-refractivity contribution in [2.24, 2.45) is 0 Å². The van der Waals surface area contributed by atoms with Crippen molar-refractivity contribution in [1.29, 1.82) is 0 Å². The molecule has 0 radical (unpaired) electrons. The van der Waals surface area contributed by atoms with Gasteiger partial charge in [-0.3, -0.25) is 4.79 Å². The van der Waals surface area contributed by atoms with Crippen LogP contribution in [-0.4, -0.2) is 12.5 Å². The van der Waals surface area contributed by atoms with E-state index in [1.807, 2.05) is 55.1 Å². The fourth-order valence-electron chi connectivity index (χ4n) is 2.99. The SMILES string of the molecule is Cc1cccc(C(=O)N2CCCc3c(N)cccc32)c1C.Cl. The smallest absolute Gasteiger partial charge is 0.258 e. The molecule has 0 atom stereocenters. The second kappa shape index (κ2) is 6.41. The Morgan fingerprint density at radius 2 is 1.86 bits per heavy atom. The highest BCUT2D eigenvalue weighted by Crippen LogP contribution is 2.32. The molecule has 3 nitrogen and oxygen atoms in total. The number of nitrogen functional groups attached to an aromatic ring is 1. The molecule has 1 aliphatic rings. The number of rotatable bonds is 1. The van der Waals surface area contributed by atoms with E-state index in [4.69, 9.17) is 5.73 Å². The van der Waals surface area contributed by atoms with Gasteiger partial charge >= 0.3 is 0 Å². The van der Waals surface area contributed by atoms with Crippen LogP contribution >= 0.6 is 12.4 Å². The number of aryl methyl sites for hydroxylation is 1. The molecule has 1 amide bonds. The van der Waals surface area contributed by atoms with Gasteiger partial charge in [0.2, 0.25) is 0 Å². The molecule has 1 aliphatic heterocycles. The number of hydrogen-bond acceptors (Lipinski definition) is 2. The molecular formula is C18H21ClN2O. The summed E-state index contributed by atoms with van der Waals surface area (Å²) in [6, 6.07) is 11.7. The van der Waals surface area contributed by atoms with Crippen molar-refractivity contribution in [3.05, 3.63) is 58.7 Å². The van der Waals surface area contributed by atoms with Crippen LogP contribution < -0.4 is 10.6 Å². The minimum atomic E-state index is 0. The van der Waals surface area contributed by atoms with Crippen LogP contribution in [-0.2, 0) is 6.42 Å². The summed E-state index contributed by atoms with van der Waals surface area (Å²) >= 11 is 0. The normalized spacial score (nSPS) is 13.3. The fourth-order valence-corrected chi connectivity index (χ4v) is 2.99. The van der Waals surface area contributed by atoms with E-state index < -0.39 is 0 Å². The minimum absolute atomic E-state index is 0. The molecule has 22 heavy (non-hydrogen) atoms. The number of nitrogens with two attached hydrogens (primary N) is 1. The highest BCUT2D eigenvalue weighted by Gasteiger charge is 2.25. The third-order valence-electron chi connectivity index (χ3n) is 4.37. The first kappa shape index (κ1) is 16.4. The van der Waals surface area contributed by atoms with Crippen LogP contribution in [0.25, 0.3) is 0 Å². The number of nitrogens with zero attached hydrogens (tertiary/aromatic N) is 1. The zero-order valence-corrected chi connectivity index (χ0v) is 13.7. The standard InChI is InChI=1S/C18H20N2O.ClH/c1-12-6-3-7-14(13(12)2)18(21)20-11-5-8-15-16(19)9-4-10-17(15)20;/h3-4,6-7,9-10H,5,8,11,19H2,1-2H3;1H. The Balaban J connectivity index is 0.00000176. The zero-order valence-electron chi connectivity index (χ0n) is 12.9.